The number of rotatable bonds is 6. The van der Waals surface area contributed by atoms with E-state index in [2.05, 4.69) is 27.1 Å². The van der Waals surface area contributed by atoms with Gasteiger partial charge in [0, 0.05) is 12.9 Å². The Morgan fingerprint density at radius 3 is 2.62 bits per heavy atom. The van der Waals surface area contributed by atoms with Crippen molar-refractivity contribution >= 4 is 27.5 Å². The van der Waals surface area contributed by atoms with Gasteiger partial charge >= 0.3 is 0 Å². The molecule has 5 heteroatoms. The van der Waals surface area contributed by atoms with Crippen LogP contribution in [0.25, 0.3) is 0 Å². The summed E-state index contributed by atoms with van der Waals surface area (Å²) in [6.07, 6.45) is 1.78. The topological polar surface area (TPSA) is 27.1 Å². The molecule has 1 unspecified atom stereocenters. The summed E-state index contributed by atoms with van der Waals surface area (Å²) in [5.41, 5.74) is 3.40. The first-order chi connectivity index (χ1) is 10.1. The molecule has 1 heterocycles. The number of benzene rings is 1. The van der Waals surface area contributed by atoms with E-state index in [1.807, 2.05) is 36.9 Å². The van der Waals surface area contributed by atoms with Crippen molar-refractivity contribution in [2.75, 3.05) is 13.0 Å². The molecule has 2 aromatic rings. The molecule has 3 nitrogen and oxygen atoms in total. The first-order valence-corrected chi connectivity index (χ1v) is 8.25. The van der Waals surface area contributed by atoms with Crippen LogP contribution in [0.3, 0.4) is 0 Å². The highest BCUT2D eigenvalue weighted by molar-refractivity contribution is 9.10. The van der Waals surface area contributed by atoms with E-state index in [1.165, 1.54) is 11.3 Å². The lowest BCUT2D eigenvalue weighted by molar-refractivity contribution is 0.405. The number of hydrogen-bond donors (Lipinski definition) is 0. The second-order valence-electron chi connectivity index (χ2n) is 5.21. The molecule has 0 aliphatic rings. The third-order valence-electron chi connectivity index (χ3n) is 3.66. The molecule has 0 fully saturated rings. The van der Waals surface area contributed by atoms with Crippen LogP contribution in [0.5, 0.6) is 5.75 Å². The van der Waals surface area contributed by atoms with Gasteiger partial charge in [-0.15, -0.1) is 11.6 Å². The van der Waals surface area contributed by atoms with Crippen LogP contribution in [0.2, 0.25) is 0 Å². The molecule has 0 spiro atoms. The number of hydrogen-bond acceptors (Lipinski definition) is 2. The number of para-hydroxylation sites is 1. The standard InChI is InChI=1S/C16H20BrClN2O/c1-11-16(17)14(20(2)19-11)9-12(10-18)8-13-6-4-5-7-15(13)21-3/h4-7,12H,8-10H2,1-3H3. The molecule has 1 atom stereocenters. The number of ether oxygens (including phenoxy) is 1. The van der Waals surface area contributed by atoms with Gasteiger partial charge in [0.15, 0.2) is 0 Å². The number of alkyl halides is 1. The number of aryl methyl sites for hydroxylation is 2. The minimum atomic E-state index is 0.342. The van der Waals surface area contributed by atoms with Gasteiger partial charge in [0.2, 0.25) is 0 Å². The van der Waals surface area contributed by atoms with Crippen LogP contribution in [-0.4, -0.2) is 22.8 Å². The maximum absolute atomic E-state index is 6.19. The van der Waals surface area contributed by atoms with Gasteiger partial charge in [0.1, 0.15) is 5.75 Å². The lowest BCUT2D eigenvalue weighted by Crippen LogP contribution is -2.13. The first kappa shape index (κ1) is 16.4. The Bertz CT molecular complexity index is 612. The third kappa shape index (κ3) is 3.80. The zero-order chi connectivity index (χ0) is 15.4. The Morgan fingerprint density at radius 1 is 1.33 bits per heavy atom. The van der Waals surface area contributed by atoms with Crippen LogP contribution in [0.4, 0.5) is 0 Å². The highest BCUT2D eigenvalue weighted by Crippen LogP contribution is 2.27. The average Bonchev–Trinajstić information content (AvgIpc) is 2.73. The summed E-state index contributed by atoms with van der Waals surface area (Å²) < 4.78 is 8.44. The predicted molar refractivity (Wildman–Crippen MR) is 90.3 cm³/mol. The van der Waals surface area contributed by atoms with Crippen molar-refractivity contribution in [3.8, 4) is 5.75 Å². The van der Waals surface area contributed by atoms with Gasteiger partial charge in [-0.05, 0) is 53.2 Å². The number of nitrogens with zero attached hydrogens (tertiary/aromatic N) is 2. The molecule has 21 heavy (non-hydrogen) atoms. The molecule has 0 radical (unpaired) electrons. The summed E-state index contributed by atoms with van der Waals surface area (Å²) in [7, 11) is 3.68. The molecule has 0 aliphatic carbocycles. The summed E-state index contributed by atoms with van der Waals surface area (Å²) in [5, 5.41) is 4.44. The van der Waals surface area contributed by atoms with Crippen LogP contribution in [0.15, 0.2) is 28.7 Å². The van der Waals surface area contributed by atoms with Gasteiger partial charge in [0.25, 0.3) is 0 Å². The molecule has 0 bridgehead atoms. The van der Waals surface area contributed by atoms with Gasteiger partial charge in [-0.25, -0.2) is 0 Å². The molecule has 0 saturated carbocycles. The fourth-order valence-electron chi connectivity index (χ4n) is 2.54. The lowest BCUT2D eigenvalue weighted by Gasteiger charge is -2.16. The Kier molecular flexibility index (Phi) is 5.71. The molecular formula is C16H20BrClN2O. The van der Waals surface area contributed by atoms with Crippen molar-refractivity contribution < 1.29 is 4.74 Å². The van der Waals surface area contributed by atoms with Crippen molar-refractivity contribution in [1.82, 2.24) is 9.78 Å². The van der Waals surface area contributed by atoms with Crippen molar-refractivity contribution in [2.24, 2.45) is 13.0 Å². The molecule has 1 aromatic carbocycles. The van der Waals surface area contributed by atoms with Crippen LogP contribution in [0.1, 0.15) is 17.0 Å². The Morgan fingerprint density at radius 2 is 2.05 bits per heavy atom. The van der Waals surface area contributed by atoms with Gasteiger partial charge in [-0.2, -0.15) is 5.10 Å². The van der Waals surface area contributed by atoms with E-state index >= 15 is 0 Å². The molecular weight excluding hydrogens is 352 g/mol. The second-order valence-corrected chi connectivity index (χ2v) is 6.31. The average molecular weight is 372 g/mol. The zero-order valence-corrected chi connectivity index (χ0v) is 14.9. The molecule has 2 rings (SSSR count). The fraction of sp³-hybridized carbons (Fsp3) is 0.438. The van der Waals surface area contributed by atoms with Gasteiger partial charge in [-0.3, -0.25) is 4.68 Å². The van der Waals surface area contributed by atoms with E-state index in [1.54, 1.807) is 7.11 Å². The van der Waals surface area contributed by atoms with Crippen molar-refractivity contribution in [3.63, 3.8) is 0 Å². The molecule has 0 amide bonds. The summed E-state index contributed by atoms with van der Waals surface area (Å²) in [6.45, 7) is 2.00. The van der Waals surface area contributed by atoms with Crippen LogP contribution in [0, 0.1) is 12.8 Å². The summed E-state index contributed by atoms with van der Waals surface area (Å²) in [6, 6.07) is 8.11. The quantitative estimate of drug-likeness (QED) is 0.714. The second kappa shape index (κ2) is 7.32. The van der Waals surface area contributed by atoms with Gasteiger partial charge in [0.05, 0.1) is 23.0 Å². The Labute approximate surface area is 139 Å². The van der Waals surface area contributed by atoms with Gasteiger partial charge in [-0.1, -0.05) is 18.2 Å². The maximum Gasteiger partial charge on any atom is 0.122 e. The predicted octanol–water partition coefficient (Wildman–Crippen LogP) is 4.14. The molecule has 114 valence electrons. The third-order valence-corrected chi connectivity index (χ3v) is 5.13. The minimum absolute atomic E-state index is 0.342. The largest absolute Gasteiger partial charge is 0.496 e. The van der Waals surface area contributed by atoms with Crippen LogP contribution < -0.4 is 4.74 Å². The van der Waals surface area contributed by atoms with Crippen molar-refractivity contribution in [2.45, 2.75) is 19.8 Å². The smallest absolute Gasteiger partial charge is 0.122 e. The van der Waals surface area contributed by atoms with E-state index in [9.17, 15) is 0 Å². The van der Waals surface area contributed by atoms with Crippen molar-refractivity contribution in [1.29, 1.82) is 0 Å². The highest BCUT2D eigenvalue weighted by atomic mass is 79.9. The summed E-state index contributed by atoms with van der Waals surface area (Å²) >= 11 is 9.81. The summed E-state index contributed by atoms with van der Waals surface area (Å²) in [4.78, 5) is 0. The van der Waals surface area contributed by atoms with Crippen LogP contribution in [-0.2, 0) is 19.9 Å². The van der Waals surface area contributed by atoms with Crippen LogP contribution >= 0.6 is 27.5 Å². The Balaban J connectivity index is 2.17. The maximum atomic E-state index is 6.19. The van der Waals surface area contributed by atoms with E-state index in [4.69, 9.17) is 16.3 Å². The van der Waals surface area contributed by atoms with E-state index < -0.39 is 0 Å². The van der Waals surface area contributed by atoms with E-state index in [0.29, 0.717) is 11.8 Å². The number of methoxy groups -OCH3 is 1. The lowest BCUT2D eigenvalue weighted by atomic mass is 9.95. The first-order valence-electron chi connectivity index (χ1n) is 6.92. The SMILES string of the molecule is COc1ccccc1CC(CCl)Cc1c(Br)c(C)nn1C. The Hall–Kier alpha value is -1.00. The van der Waals surface area contributed by atoms with Gasteiger partial charge < -0.3 is 4.74 Å². The normalized spacial score (nSPS) is 12.4. The number of halogens is 2. The zero-order valence-electron chi connectivity index (χ0n) is 12.6. The number of aromatic nitrogens is 2. The van der Waals surface area contributed by atoms with E-state index in [0.717, 1.165) is 28.8 Å². The van der Waals surface area contributed by atoms with Crippen molar-refractivity contribution in [3.05, 3.63) is 45.7 Å². The molecule has 0 saturated heterocycles. The monoisotopic (exact) mass is 370 g/mol. The molecule has 0 N–H and O–H groups in total. The van der Waals surface area contributed by atoms with E-state index in [-0.39, 0.29) is 0 Å². The summed E-state index contributed by atoms with van der Waals surface area (Å²) in [5.74, 6) is 1.87. The highest BCUT2D eigenvalue weighted by Gasteiger charge is 2.18. The minimum Gasteiger partial charge on any atom is -0.496 e. The molecule has 0 aliphatic heterocycles. The fourth-order valence-corrected chi connectivity index (χ4v) is 3.26. The molecule has 1 aromatic heterocycles.